The van der Waals surface area contributed by atoms with E-state index in [0.29, 0.717) is 23.4 Å². The molecule has 1 heterocycles. The number of hydrogen-bond acceptors (Lipinski definition) is 4. The number of benzene rings is 2. The summed E-state index contributed by atoms with van der Waals surface area (Å²) in [7, 11) is 0. The van der Waals surface area contributed by atoms with E-state index in [1.165, 1.54) is 12.1 Å². The lowest BCUT2D eigenvalue weighted by Gasteiger charge is -2.46. The van der Waals surface area contributed by atoms with E-state index in [1.807, 2.05) is 19.1 Å². The van der Waals surface area contributed by atoms with Crippen molar-refractivity contribution in [2.24, 2.45) is 0 Å². The molecule has 2 aromatic rings. The highest BCUT2D eigenvalue weighted by Gasteiger charge is 2.42. The molecule has 0 aliphatic carbocycles. The number of para-hydroxylation sites is 1. The van der Waals surface area contributed by atoms with E-state index < -0.39 is 10.6 Å². The SMILES string of the molecule is C=CCN1C(=O)c2ccccc2NC1(C)c1cccc([N+](=O)[O-])c1. The Morgan fingerprint density at radius 1 is 1.29 bits per heavy atom. The molecule has 0 fully saturated rings. The Balaban J connectivity index is 2.16. The molecule has 1 amide bonds. The second kappa shape index (κ2) is 5.81. The highest BCUT2D eigenvalue weighted by Crippen LogP contribution is 2.38. The average Bonchev–Trinajstić information content (AvgIpc) is 2.59. The van der Waals surface area contributed by atoms with Crippen molar-refractivity contribution < 1.29 is 9.72 Å². The summed E-state index contributed by atoms with van der Waals surface area (Å²) >= 11 is 0. The second-order valence-electron chi connectivity index (χ2n) is 5.75. The van der Waals surface area contributed by atoms with Crippen LogP contribution in [0.4, 0.5) is 11.4 Å². The summed E-state index contributed by atoms with van der Waals surface area (Å²) < 4.78 is 0. The third kappa shape index (κ3) is 2.42. The van der Waals surface area contributed by atoms with Gasteiger partial charge in [0.25, 0.3) is 11.6 Å². The molecule has 0 saturated heterocycles. The van der Waals surface area contributed by atoms with Crippen molar-refractivity contribution >= 4 is 17.3 Å². The summed E-state index contributed by atoms with van der Waals surface area (Å²) in [5.41, 5.74) is 0.993. The zero-order valence-corrected chi connectivity index (χ0v) is 13.2. The van der Waals surface area contributed by atoms with Gasteiger partial charge in [0.1, 0.15) is 5.66 Å². The molecule has 24 heavy (non-hydrogen) atoms. The van der Waals surface area contributed by atoms with Gasteiger partial charge in [-0.15, -0.1) is 6.58 Å². The van der Waals surface area contributed by atoms with Gasteiger partial charge < -0.3 is 10.2 Å². The normalized spacial score (nSPS) is 19.4. The average molecular weight is 323 g/mol. The standard InChI is InChI=1S/C18H17N3O3/c1-3-11-20-17(22)15-9-4-5-10-16(15)19-18(20,2)13-7-6-8-14(12-13)21(23)24/h3-10,12,19H,1,11H2,2H3. The van der Waals surface area contributed by atoms with Gasteiger partial charge in [0.05, 0.1) is 10.5 Å². The first kappa shape index (κ1) is 15.7. The van der Waals surface area contributed by atoms with E-state index in [9.17, 15) is 14.9 Å². The molecule has 1 atom stereocenters. The number of nitro groups is 1. The van der Waals surface area contributed by atoms with Crippen molar-refractivity contribution in [2.45, 2.75) is 12.6 Å². The van der Waals surface area contributed by atoms with Crippen LogP contribution >= 0.6 is 0 Å². The van der Waals surface area contributed by atoms with Crippen LogP contribution in [0.15, 0.2) is 61.2 Å². The molecule has 1 aliphatic heterocycles. The third-order valence-corrected chi connectivity index (χ3v) is 4.25. The molecule has 2 aromatic carbocycles. The lowest BCUT2D eigenvalue weighted by molar-refractivity contribution is -0.385. The molecule has 3 rings (SSSR count). The maximum Gasteiger partial charge on any atom is 0.269 e. The molecule has 0 spiro atoms. The Morgan fingerprint density at radius 2 is 2.04 bits per heavy atom. The monoisotopic (exact) mass is 323 g/mol. The second-order valence-corrected chi connectivity index (χ2v) is 5.75. The maximum atomic E-state index is 12.9. The quantitative estimate of drug-likeness (QED) is 0.530. The first-order chi connectivity index (χ1) is 11.5. The van der Waals surface area contributed by atoms with Crippen LogP contribution < -0.4 is 5.32 Å². The largest absolute Gasteiger partial charge is 0.358 e. The molecule has 122 valence electrons. The van der Waals surface area contributed by atoms with Crippen LogP contribution in [0.3, 0.4) is 0 Å². The topological polar surface area (TPSA) is 75.5 Å². The maximum absolute atomic E-state index is 12.9. The van der Waals surface area contributed by atoms with Gasteiger partial charge in [-0.3, -0.25) is 14.9 Å². The molecule has 1 unspecified atom stereocenters. The Hall–Kier alpha value is -3.15. The number of carbonyl (C=O) groups excluding carboxylic acids is 1. The molecule has 6 nitrogen and oxygen atoms in total. The van der Waals surface area contributed by atoms with Gasteiger partial charge in [0.15, 0.2) is 0 Å². The first-order valence-electron chi connectivity index (χ1n) is 7.52. The van der Waals surface area contributed by atoms with Crippen LogP contribution in [0.5, 0.6) is 0 Å². The number of carbonyl (C=O) groups is 1. The number of fused-ring (bicyclic) bond motifs is 1. The zero-order chi connectivity index (χ0) is 17.3. The highest BCUT2D eigenvalue weighted by atomic mass is 16.6. The Morgan fingerprint density at radius 3 is 2.75 bits per heavy atom. The molecular formula is C18H17N3O3. The van der Waals surface area contributed by atoms with Crippen molar-refractivity contribution in [3.63, 3.8) is 0 Å². The number of nitro benzene ring substituents is 1. The lowest BCUT2D eigenvalue weighted by atomic mass is 9.93. The van der Waals surface area contributed by atoms with Crippen molar-refractivity contribution in [1.82, 2.24) is 4.90 Å². The van der Waals surface area contributed by atoms with Crippen molar-refractivity contribution in [1.29, 1.82) is 0 Å². The van der Waals surface area contributed by atoms with Gasteiger partial charge >= 0.3 is 0 Å². The molecule has 0 aromatic heterocycles. The number of rotatable bonds is 4. The van der Waals surface area contributed by atoms with Crippen LogP contribution in [0.25, 0.3) is 0 Å². The van der Waals surface area contributed by atoms with Gasteiger partial charge in [-0.2, -0.15) is 0 Å². The number of anilines is 1. The summed E-state index contributed by atoms with van der Waals surface area (Å²) in [4.78, 5) is 25.2. The zero-order valence-electron chi connectivity index (χ0n) is 13.2. The van der Waals surface area contributed by atoms with Gasteiger partial charge in [-0.05, 0) is 19.1 Å². The molecule has 0 radical (unpaired) electrons. The molecule has 1 N–H and O–H groups in total. The molecule has 0 bridgehead atoms. The summed E-state index contributed by atoms with van der Waals surface area (Å²) in [6.07, 6.45) is 1.64. The Labute approximate surface area is 139 Å². The smallest absolute Gasteiger partial charge is 0.269 e. The van der Waals surface area contributed by atoms with Crippen LogP contribution in [0.1, 0.15) is 22.8 Å². The number of nitrogens with zero attached hydrogens (tertiary/aromatic N) is 2. The fourth-order valence-corrected chi connectivity index (χ4v) is 3.00. The predicted octanol–water partition coefficient (Wildman–Crippen LogP) is 3.52. The minimum Gasteiger partial charge on any atom is -0.358 e. The third-order valence-electron chi connectivity index (χ3n) is 4.25. The Bertz CT molecular complexity index is 834. The first-order valence-corrected chi connectivity index (χ1v) is 7.52. The summed E-state index contributed by atoms with van der Waals surface area (Å²) in [6, 6.07) is 13.6. The summed E-state index contributed by atoms with van der Waals surface area (Å²) in [5, 5.41) is 14.5. The van der Waals surface area contributed by atoms with Crippen LogP contribution in [-0.4, -0.2) is 22.3 Å². The number of non-ortho nitro benzene ring substituents is 1. The van der Waals surface area contributed by atoms with E-state index in [1.54, 1.807) is 35.2 Å². The number of nitrogens with one attached hydrogen (secondary N) is 1. The van der Waals surface area contributed by atoms with E-state index in [2.05, 4.69) is 11.9 Å². The molecule has 0 saturated carbocycles. The fraction of sp³-hybridized carbons (Fsp3) is 0.167. The summed E-state index contributed by atoms with van der Waals surface area (Å²) in [5.74, 6) is -0.141. The number of amides is 1. The van der Waals surface area contributed by atoms with Crippen molar-refractivity contribution in [3.8, 4) is 0 Å². The highest BCUT2D eigenvalue weighted by molar-refractivity contribution is 6.02. The van der Waals surface area contributed by atoms with E-state index in [4.69, 9.17) is 0 Å². The summed E-state index contributed by atoms with van der Waals surface area (Å²) in [6.45, 7) is 5.88. The minimum absolute atomic E-state index is 0.0135. The van der Waals surface area contributed by atoms with Crippen molar-refractivity contribution in [3.05, 3.63) is 82.4 Å². The van der Waals surface area contributed by atoms with Gasteiger partial charge in [-0.1, -0.05) is 30.3 Å². The van der Waals surface area contributed by atoms with Crippen LogP contribution in [0.2, 0.25) is 0 Å². The number of hydrogen-bond donors (Lipinski definition) is 1. The predicted molar refractivity (Wildman–Crippen MR) is 91.7 cm³/mol. The Kier molecular flexibility index (Phi) is 3.81. The minimum atomic E-state index is -0.911. The van der Waals surface area contributed by atoms with Gasteiger partial charge in [0.2, 0.25) is 0 Å². The molecule has 6 heteroatoms. The van der Waals surface area contributed by atoms with E-state index >= 15 is 0 Å². The van der Waals surface area contributed by atoms with Crippen LogP contribution in [0, 0.1) is 10.1 Å². The van der Waals surface area contributed by atoms with E-state index in [-0.39, 0.29) is 11.6 Å². The van der Waals surface area contributed by atoms with Crippen molar-refractivity contribution in [2.75, 3.05) is 11.9 Å². The fourth-order valence-electron chi connectivity index (χ4n) is 3.00. The molecule has 1 aliphatic rings. The van der Waals surface area contributed by atoms with Crippen LogP contribution in [-0.2, 0) is 5.66 Å². The molecular weight excluding hydrogens is 306 g/mol. The van der Waals surface area contributed by atoms with E-state index in [0.717, 1.165) is 0 Å². The van der Waals surface area contributed by atoms with Gasteiger partial charge in [0, 0.05) is 29.9 Å². The lowest BCUT2D eigenvalue weighted by Crippen LogP contribution is -2.55. The van der Waals surface area contributed by atoms with Gasteiger partial charge in [-0.25, -0.2) is 0 Å².